The van der Waals surface area contributed by atoms with Crippen molar-refractivity contribution in [2.45, 2.75) is 49.7 Å². The Labute approximate surface area is 268 Å². The molecule has 0 bridgehead atoms. The van der Waals surface area contributed by atoms with E-state index in [0.29, 0.717) is 43.6 Å². The SMILES string of the molecule is CCCCOc1ccc(C2/C(=C(\O)c3cc(C)ccc3C)C(=O)C(=O)N2c2nnc(SCc3ccc(Cl)cc3Cl)s2)cc1. The maximum atomic E-state index is 13.6. The van der Waals surface area contributed by atoms with E-state index in [9.17, 15) is 14.7 Å². The third kappa shape index (κ3) is 6.75. The lowest BCUT2D eigenvalue weighted by Gasteiger charge is -2.23. The molecule has 11 heteroatoms. The first-order chi connectivity index (χ1) is 20.7. The lowest BCUT2D eigenvalue weighted by Crippen LogP contribution is -2.29. The third-order valence-electron chi connectivity index (χ3n) is 7.02. The number of carbonyl (C=O) groups excluding carboxylic acids is 2. The topological polar surface area (TPSA) is 92.6 Å². The second kappa shape index (κ2) is 13.5. The first-order valence-corrected chi connectivity index (χ1v) is 16.2. The number of aliphatic hydroxyl groups excluding tert-OH is 1. The van der Waals surface area contributed by atoms with Gasteiger partial charge in [-0.1, -0.05) is 95.5 Å². The number of anilines is 1. The fraction of sp³-hybridized carbons (Fsp3) is 0.250. The van der Waals surface area contributed by atoms with Crippen molar-refractivity contribution >= 4 is 68.9 Å². The van der Waals surface area contributed by atoms with Crippen LogP contribution in [0.2, 0.25) is 10.0 Å². The average molecular weight is 655 g/mol. The molecule has 1 fully saturated rings. The number of ketones is 1. The zero-order chi connectivity index (χ0) is 30.7. The maximum absolute atomic E-state index is 13.6. The molecule has 1 aromatic heterocycles. The van der Waals surface area contributed by atoms with Crippen molar-refractivity contribution in [3.8, 4) is 5.75 Å². The summed E-state index contributed by atoms with van der Waals surface area (Å²) in [6.07, 6.45) is 1.94. The van der Waals surface area contributed by atoms with Crippen molar-refractivity contribution in [1.29, 1.82) is 0 Å². The molecular formula is C32H29Cl2N3O4S2. The second-order valence-corrected chi connectivity index (χ2v) is 13.2. The third-order valence-corrected chi connectivity index (χ3v) is 9.71. The average Bonchev–Trinajstić information content (AvgIpc) is 3.56. The van der Waals surface area contributed by atoms with Gasteiger partial charge in [-0.2, -0.15) is 0 Å². The highest BCUT2D eigenvalue weighted by Gasteiger charge is 2.48. The molecule has 2 heterocycles. The lowest BCUT2D eigenvalue weighted by molar-refractivity contribution is -0.132. The van der Waals surface area contributed by atoms with Gasteiger partial charge in [-0.3, -0.25) is 14.5 Å². The normalized spacial score (nSPS) is 16.2. The Hall–Kier alpha value is -3.37. The lowest BCUT2D eigenvalue weighted by atomic mass is 9.93. The molecule has 0 radical (unpaired) electrons. The van der Waals surface area contributed by atoms with Gasteiger partial charge in [-0.15, -0.1) is 10.2 Å². The van der Waals surface area contributed by atoms with E-state index in [1.165, 1.54) is 28.0 Å². The Bertz CT molecular complexity index is 1710. The van der Waals surface area contributed by atoms with Gasteiger partial charge in [0.1, 0.15) is 11.5 Å². The van der Waals surface area contributed by atoms with Crippen molar-refractivity contribution in [3.63, 3.8) is 0 Å². The van der Waals surface area contributed by atoms with Crippen LogP contribution < -0.4 is 9.64 Å². The first kappa shape index (κ1) is 31.1. The van der Waals surface area contributed by atoms with Crippen LogP contribution in [0.4, 0.5) is 5.13 Å². The van der Waals surface area contributed by atoms with Crippen molar-refractivity contribution in [2.75, 3.05) is 11.5 Å². The number of ether oxygens (including phenoxy) is 1. The molecule has 1 saturated heterocycles. The molecule has 5 rings (SSSR count). The van der Waals surface area contributed by atoms with Crippen LogP contribution in [0, 0.1) is 13.8 Å². The van der Waals surface area contributed by atoms with Crippen molar-refractivity contribution < 1.29 is 19.4 Å². The number of rotatable bonds is 10. The molecule has 1 atom stereocenters. The predicted molar refractivity (Wildman–Crippen MR) is 173 cm³/mol. The number of nitrogens with zero attached hydrogens (tertiary/aromatic N) is 3. The minimum Gasteiger partial charge on any atom is -0.507 e. The van der Waals surface area contributed by atoms with E-state index in [-0.39, 0.29) is 16.5 Å². The summed E-state index contributed by atoms with van der Waals surface area (Å²) >= 11 is 15.0. The number of unbranched alkanes of at least 4 members (excludes halogenated alkanes) is 1. The molecule has 43 heavy (non-hydrogen) atoms. The van der Waals surface area contributed by atoms with Crippen LogP contribution in [-0.4, -0.2) is 33.6 Å². The molecule has 0 spiro atoms. The minimum absolute atomic E-state index is 0.00398. The standard InChI is InChI=1S/C32H29Cl2N3O4S2/c1-4-5-14-41-23-12-9-20(10-13-23)27-26(28(38)24-15-18(2)6-7-19(24)3)29(39)30(40)37(27)31-35-36-32(43-31)42-17-21-8-11-22(33)16-25(21)34/h6-13,15-16,27,38H,4-5,14,17H2,1-3H3/b28-26+. The van der Waals surface area contributed by atoms with E-state index >= 15 is 0 Å². The van der Waals surface area contributed by atoms with Gasteiger partial charge in [0.2, 0.25) is 5.13 Å². The molecule has 7 nitrogen and oxygen atoms in total. The van der Waals surface area contributed by atoms with Crippen molar-refractivity contribution in [2.24, 2.45) is 0 Å². The van der Waals surface area contributed by atoms with Crippen LogP contribution in [0.15, 0.2) is 70.6 Å². The smallest absolute Gasteiger partial charge is 0.301 e. The van der Waals surface area contributed by atoms with Gasteiger partial charge in [0.15, 0.2) is 4.34 Å². The Balaban J connectivity index is 1.53. The van der Waals surface area contributed by atoms with E-state index in [4.69, 9.17) is 27.9 Å². The van der Waals surface area contributed by atoms with Crippen LogP contribution in [0.1, 0.15) is 53.6 Å². The van der Waals surface area contributed by atoms with Gasteiger partial charge >= 0.3 is 5.91 Å². The Morgan fingerprint density at radius 1 is 1.05 bits per heavy atom. The molecule has 0 saturated carbocycles. The molecule has 0 aliphatic carbocycles. The highest BCUT2D eigenvalue weighted by Crippen LogP contribution is 2.45. The first-order valence-electron chi connectivity index (χ1n) is 13.7. The monoisotopic (exact) mass is 653 g/mol. The largest absolute Gasteiger partial charge is 0.507 e. The van der Waals surface area contributed by atoms with E-state index in [1.807, 2.05) is 32.0 Å². The fourth-order valence-electron chi connectivity index (χ4n) is 4.70. The summed E-state index contributed by atoms with van der Waals surface area (Å²) < 4.78 is 6.42. The van der Waals surface area contributed by atoms with Crippen LogP contribution in [-0.2, 0) is 15.3 Å². The molecule has 4 aromatic rings. The second-order valence-electron chi connectivity index (χ2n) is 10.1. The number of aryl methyl sites for hydroxylation is 2. The van der Waals surface area contributed by atoms with Crippen molar-refractivity contribution in [1.82, 2.24) is 10.2 Å². The van der Waals surface area contributed by atoms with Gasteiger partial charge in [0, 0.05) is 21.4 Å². The van der Waals surface area contributed by atoms with Gasteiger partial charge < -0.3 is 9.84 Å². The number of hydrogen-bond donors (Lipinski definition) is 1. The molecule has 1 amide bonds. The molecule has 3 aromatic carbocycles. The number of carbonyl (C=O) groups is 2. The number of aromatic nitrogens is 2. The molecule has 222 valence electrons. The van der Waals surface area contributed by atoms with E-state index in [2.05, 4.69) is 17.1 Å². The van der Waals surface area contributed by atoms with Gasteiger partial charge in [0.05, 0.1) is 18.2 Å². The summed E-state index contributed by atoms with van der Waals surface area (Å²) in [5, 5.41) is 21.5. The van der Waals surface area contributed by atoms with E-state index in [0.717, 1.165) is 29.5 Å². The summed E-state index contributed by atoms with van der Waals surface area (Å²) in [5.41, 5.74) is 3.70. The van der Waals surface area contributed by atoms with E-state index in [1.54, 1.807) is 42.5 Å². The van der Waals surface area contributed by atoms with Crippen LogP contribution in [0.5, 0.6) is 5.75 Å². The predicted octanol–water partition coefficient (Wildman–Crippen LogP) is 8.56. The van der Waals surface area contributed by atoms with Gasteiger partial charge in [0.25, 0.3) is 5.78 Å². The van der Waals surface area contributed by atoms with Crippen LogP contribution in [0.25, 0.3) is 5.76 Å². The molecular weight excluding hydrogens is 625 g/mol. The number of thioether (sulfide) groups is 1. The van der Waals surface area contributed by atoms with E-state index < -0.39 is 17.7 Å². The fourth-order valence-corrected chi connectivity index (χ4v) is 7.12. The Morgan fingerprint density at radius 2 is 1.81 bits per heavy atom. The quantitative estimate of drug-likeness (QED) is 0.0458. The number of amides is 1. The van der Waals surface area contributed by atoms with Gasteiger partial charge in [-0.25, -0.2) is 0 Å². The molecule has 1 aliphatic rings. The number of aliphatic hydroxyl groups is 1. The zero-order valence-electron chi connectivity index (χ0n) is 23.8. The Kier molecular flexibility index (Phi) is 9.76. The van der Waals surface area contributed by atoms with Gasteiger partial charge in [-0.05, 0) is 67.3 Å². The summed E-state index contributed by atoms with van der Waals surface area (Å²) in [7, 11) is 0. The Morgan fingerprint density at radius 3 is 2.53 bits per heavy atom. The zero-order valence-corrected chi connectivity index (χ0v) is 26.9. The highest BCUT2D eigenvalue weighted by atomic mass is 35.5. The molecule has 1 unspecified atom stereocenters. The highest BCUT2D eigenvalue weighted by molar-refractivity contribution is 8.00. The maximum Gasteiger partial charge on any atom is 0.301 e. The number of hydrogen-bond acceptors (Lipinski definition) is 8. The summed E-state index contributed by atoms with van der Waals surface area (Å²) in [4.78, 5) is 28.5. The van der Waals surface area contributed by atoms with Crippen molar-refractivity contribution in [3.05, 3.63) is 104 Å². The van der Waals surface area contributed by atoms with Crippen LogP contribution in [0.3, 0.4) is 0 Å². The summed E-state index contributed by atoms with van der Waals surface area (Å²) in [6.45, 7) is 6.44. The molecule has 1 aliphatic heterocycles. The summed E-state index contributed by atoms with van der Waals surface area (Å²) in [6, 6.07) is 17.2. The number of benzene rings is 3. The number of halogens is 2. The molecule has 1 N–H and O–H groups in total. The summed E-state index contributed by atoms with van der Waals surface area (Å²) in [5.74, 6) is -0.609. The minimum atomic E-state index is -0.916. The van der Waals surface area contributed by atoms with Crippen LogP contribution >= 0.6 is 46.3 Å². The number of Topliss-reactive ketones (excluding diaryl/α,β-unsaturated/α-hetero) is 1.